The minimum atomic E-state index is -3.55. The van der Waals surface area contributed by atoms with E-state index in [0.717, 1.165) is 10.6 Å². The zero-order valence-corrected chi connectivity index (χ0v) is 17.8. The Morgan fingerprint density at radius 1 is 1.14 bits per heavy atom. The highest BCUT2D eigenvalue weighted by molar-refractivity contribution is 7.99. The lowest BCUT2D eigenvalue weighted by atomic mass is 9.99. The Hall–Kier alpha value is -1.54. The van der Waals surface area contributed by atoms with Gasteiger partial charge in [-0.25, -0.2) is 8.42 Å². The van der Waals surface area contributed by atoms with Gasteiger partial charge in [0.25, 0.3) is 0 Å². The molecular weight excluding hydrogens is 416 g/mol. The molecule has 150 valence electrons. The zero-order chi connectivity index (χ0) is 20.0. The van der Waals surface area contributed by atoms with E-state index in [2.05, 4.69) is 5.32 Å². The summed E-state index contributed by atoms with van der Waals surface area (Å²) in [5.41, 5.74) is 0. The van der Waals surface area contributed by atoms with Crippen molar-refractivity contribution in [2.75, 3.05) is 25.4 Å². The molecule has 1 amide bonds. The number of carbonyl (C=O) groups is 1. The Morgan fingerprint density at radius 3 is 2.57 bits per heavy atom. The molecule has 1 heterocycles. The molecule has 0 spiro atoms. The summed E-state index contributed by atoms with van der Waals surface area (Å²) in [4.78, 5) is 13.9. The Labute approximate surface area is 175 Å². The zero-order valence-electron chi connectivity index (χ0n) is 15.4. The fourth-order valence-corrected chi connectivity index (χ4v) is 5.57. The van der Waals surface area contributed by atoms with Gasteiger partial charge in [0.05, 0.1) is 10.8 Å². The van der Waals surface area contributed by atoms with Gasteiger partial charge in [-0.3, -0.25) is 4.79 Å². The van der Waals surface area contributed by atoms with Crippen molar-refractivity contribution in [3.8, 4) is 0 Å². The topological polar surface area (TPSA) is 66.5 Å². The maximum atomic E-state index is 12.8. The first kappa shape index (κ1) is 21.2. The smallest absolute Gasteiger partial charge is 0.243 e. The number of sulfonamides is 1. The molecule has 0 saturated carbocycles. The molecule has 5 nitrogen and oxygen atoms in total. The molecule has 0 aliphatic carbocycles. The number of nitrogens with one attached hydrogen (secondary N) is 1. The Kier molecular flexibility index (Phi) is 7.40. The Bertz CT molecular complexity index is 889. The molecular formula is C20H23ClN2O3S2. The van der Waals surface area contributed by atoms with Gasteiger partial charge in [-0.05, 0) is 49.2 Å². The molecule has 0 radical (unpaired) electrons. The lowest BCUT2D eigenvalue weighted by Crippen LogP contribution is -2.45. The van der Waals surface area contributed by atoms with E-state index in [1.54, 1.807) is 42.1 Å². The highest BCUT2D eigenvalue weighted by atomic mass is 35.5. The van der Waals surface area contributed by atoms with E-state index in [0.29, 0.717) is 31.0 Å². The van der Waals surface area contributed by atoms with Crippen molar-refractivity contribution in [2.45, 2.75) is 22.6 Å². The molecule has 1 aliphatic rings. The van der Waals surface area contributed by atoms with Crippen molar-refractivity contribution >= 4 is 39.3 Å². The second kappa shape index (κ2) is 9.78. The summed E-state index contributed by atoms with van der Waals surface area (Å²) < 4.78 is 27.0. The van der Waals surface area contributed by atoms with Crippen LogP contribution in [0.2, 0.25) is 5.02 Å². The highest BCUT2D eigenvalue weighted by Crippen LogP contribution is 2.24. The minimum absolute atomic E-state index is 0.0790. The van der Waals surface area contributed by atoms with Gasteiger partial charge in [0.1, 0.15) is 0 Å². The van der Waals surface area contributed by atoms with Gasteiger partial charge in [0.15, 0.2) is 0 Å². The van der Waals surface area contributed by atoms with Crippen LogP contribution >= 0.6 is 23.4 Å². The fraction of sp³-hybridized carbons (Fsp3) is 0.350. The number of benzene rings is 2. The molecule has 0 aromatic heterocycles. The van der Waals surface area contributed by atoms with Gasteiger partial charge in [0, 0.05) is 35.3 Å². The van der Waals surface area contributed by atoms with E-state index in [-0.39, 0.29) is 23.3 Å². The lowest BCUT2D eigenvalue weighted by molar-refractivity contribution is -0.125. The lowest BCUT2D eigenvalue weighted by Gasteiger charge is -2.31. The van der Waals surface area contributed by atoms with Gasteiger partial charge in [-0.1, -0.05) is 29.8 Å². The number of amides is 1. The first-order chi connectivity index (χ1) is 13.5. The standard InChI is InChI=1S/C20H23ClN2O3S2/c21-17-8-10-18(11-9-17)27-14-12-22-20(24)16-5-4-13-23(15-16)28(25,26)19-6-2-1-3-7-19/h1-3,6-11,16H,4-5,12-15H2,(H,22,24)/t16-/m1/s1. The van der Waals surface area contributed by atoms with Gasteiger partial charge in [-0.2, -0.15) is 4.31 Å². The molecule has 1 saturated heterocycles. The maximum absolute atomic E-state index is 12.8. The van der Waals surface area contributed by atoms with Crippen molar-refractivity contribution in [1.82, 2.24) is 9.62 Å². The number of hydrogen-bond acceptors (Lipinski definition) is 4. The van der Waals surface area contributed by atoms with Crippen LogP contribution in [0.3, 0.4) is 0 Å². The van der Waals surface area contributed by atoms with Crippen molar-refractivity contribution < 1.29 is 13.2 Å². The monoisotopic (exact) mass is 438 g/mol. The van der Waals surface area contributed by atoms with Crippen LogP contribution in [0.15, 0.2) is 64.4 Å². The predicted octanol–water partition coefficient (Wildman–Crippen LogP) is 3.65. The van der Waals surface area contributed by atoms with Crippen LogP contribution < -0.4 is 5.32 Å². The Balaban J connectivity index is 1.49. The second-order valence-electron chi connectivity index (χ2n) is 6.61. The molecule has 0 unspecified atom stereocenters. The SMILES string of the molecule is O=C(NCCSc1ccc(Cl)cc1)[C@@H]1CCCN(S(=O)(=O)c2ccccc2)C1. The Morgan fingerprint density at radius 2 is 1.86 bits per heavy atom. The van der Waals surface area contributed by atoms with Crippen LogP contribution in [-0.2, 0) is 14.8 Å². The quantitative estimate of drug-likeness (QED) is 0.529. The predicted molar refractivity (Wildman–Crippen MR) is 113 cm³/mol. The third-order valence-electron chi connectivity index (χ3n) is 4.62. The molecule has 1 N–H and O–H groups in total. The van der Waals surface area contributed by atoms with Crippen LogP contribution in [0, 0.1) is 5.92 Å². The molecule has 1 atom stereocenters. The van der Waals surface area contributed by atoms with Crippen LogP contribution in [0.25, 0.3) is 0 Å². The maximum Gasteiger partial charge on any atom is 0.243 e. The molecule has 0 bridgehead atoms. The molecule has 3 rings (SSSR count). The van der Waals surface area contributed by atoms with Gasteiger partial charge >= 0.3 is 0 Å². The third kappa shape index (κ3) is 5.50. The fourth-order valence-electron chi connectivity index (χ4n) is 3.13. The summed E-state index contributed by atoms with van der Waals surface area (Å²) in [5, 5.41) is 3.64. The molecule has 8 heteroatoms. The molecule has 28 heavy (non-hydrogen) atoms. The van der Waals surface area contributed by atoms with Crippen molar-refractivity contribution in [1.29, 1.82) is 0 Å². The molecule has 2 aromatic carbocycles. The van der Waals surface area contributed by atoms with E-state index >= 15 is 0 Å². The summed E-state index contributed by atoms with van der Waals surface area (Å²) >= 11 is 7.51. The van der Waals surface area contributed by atoms with Crippen molar-refractivity contribution in [3.63, 3.8) is 0 Å². The normalized spacial score (nSPS) is 18.0. The molecule has 1 aliphatic heterocycles. The number of thioether (sulfide) groups is 1. The van der Waals surface area contributed by atoms with E-state index < -0.39 is 10.0 Å². The van der Waals surface area contributed by atoms with Gasteiger partial charge in [0.2, 0.25) is 15.9 Å². The summed E-state index contributed by atoms with van der Waals surface area (Å²) in [6, 6.07) is 16.0. The number of halogens is 1. The molecule has 1 fully saturated rings. The number of rotatable bonds is 7. The minimum Gasteiger partial charge on any atom is -0.355 e. The average molecular weight is 439 g/mol. The number of carbonyl (C=O) groups excluding carboxylic acids is 1. The van der Waals surface area contributed by atoms with Crippen molar-refractivity contribution in [3.05, 3.63) is 59.6 Å². The largest absolute Gasteiger partial charge is 0.355 e. The summed E-state index contributed by atoms with van der Waals surface area (Å²) in [5.74, 6) is 0.351. The number of nitrogens with zero attached hydrogens (tertiary/aromatic N) is 1. The average Bonchev–Trinajstić information content (AvgIpc) is 2.73. The van der Waals surface area contributed by atoms with E-state index in [1.165, 1.54) is 4.31 Å². The van der Waals surface area contributed by atoms with Gasteiger partial charge < -0.3 is 5.32 Å². The summed E-state index contributed by atoms with van der Waals surface area (Å²) in [6.07, 6.45) is 1.39. The summed E-state index contributed by atoms with van der Waals surface area (Å²) in [7, 11) is -3.55. The van der Waals surface area contributed by atoms with E-state index in [1.807, 2.05) is 24.3 Å². The number of piperidine rings is 1. The third-order valence-corrected chi connectivity index (χ3v) is 7.76. The van der Waals surface area contributed by atoms with E-state index in [4.69, 9.17) is 11.6 Å². The van der Waals surface area contributed by atoms with Crippen LogP contribution in [0.1, 0.15) is 12.8 Å². The van der Waals surface area contributed by atoms with Crippen LogP contribution in [-0.4, -0.2) is 44.0 Å². The van der Waals surface area contributed by atoms with Crippen LogP contribution in [0.5, 0.6) is 0 Å². The van der Waals surface area contributed by atoms with E-state index in [9.17, 15) is 13.2 Å². The first-order valence-corrected chi connectivity index (χ1v) is 12.0. The highest BCUT2D eigenvalue weighted by Gasteiger charge is 2.33. The van der Waals surface area contributed by atoms with Gasteiger partial charge in [-0.15, -0.1) is 11.8 Å². The molecule has 2 aromatic rings. The number of hydrogen-bond donors (Lipinski definition) is 1. The summed E-state index contributed by atoms with van der Waals surface area (Å²) in [6.45, 7) is 1.22. The van der Waals surface area contributed by atoms with Crippen LogP contribution in [0.4, 0.5) is 0 Å². The van der Waals surface area contributed by atoms with Crippen molar-refractivity contribution in [2.24, 2.45) is 5.92 Å². The first-order valence-electron chi connectivity index (χ1n) is 9.18. The second-order valence-corrected chi connectivity index (χ2v) is 10.2.